The van der Waals surface area contributed by atoms with Crippen LogP contribution in [0, 0.1) is 0 Å². The molecule has 154 valence electrons. The number of phenols is 1. The van der Waals surface area contributed by atoms with Crippen molar-refractivity contribution in [3.05, 3.63) is 77.8 Å². The Morgan fingerprint density at radius 2 is 1.60 bits per heavy atom. The molecule has 0 aliphatic carbocycles. The van der Waals surface area contributed by atoms with Crippen LogP contribution in [0.1, 0.15) is 0 Å². The quantitative estimate of drug-likeness (QED) is 0.660. The van der Waals surface area contributed by atoms with Crippen molar-refractivity contribution in [2.45, 2.75) is 0 Å². The molecule has 1 amide bonds. The van der Waals surface area contributed by atoms with E-state index in [4.69, 9.17) is 16.3 Å². The molecular formula is C24H23ClN2O3. The number of amides is 1. The number of phenolic OH excluding ortho intramolecular Hbond substituents is 1. The van der Waals surface area contributed by atoms with Crippen molar-refractivity contribution in [1.82, 2.24) is 4.90 Å². The van der Waals surface area contributed by atoms with Crippen LogP contribution < -0.4 is 9.64 Å². The van der Waals surface area contributed by atoms with Gasteiger partial charge in [-0.15, -0.1) is 0 Å². The zero-order valence-electron chi connectivity index (χ0n) is 16.5. The number of benzene rings is 3. The van der Waals surface area contributed by atoms with Crippen molar-refractivity contribution < 1.29 is 14.6 Å². The highest BCUT2D eigenvalue weighted by atomic mass is 35.5. The normalized spacial score (nSPS) is 13.9. The minimum atomic E-state index is -0.0739. The summed E-state index contributed by atoms with van der Waals surface area (Å²) in [4.78, 5) is 16.4. The summed E-state index contributed by atoms with van der Waals surface area (Å²) < 4.78 is 5.70. The Bertz CT molecular complexity index is 1020. The molecule has 1 fully saturated rings. The van der Waals surface area contributed by atoms with Crippen molar-refractivity contribution >= 4 is 23.2 Å². The third-order valence-corrected chi connectivity index (χ3v) is 5.54. The van der Waals surface area contributed by atoms with Gasteiger partial charge in [-0.25, -0.2) is 0 Å². The number of ether oxygens (including phenoxy) is 1. The fourth-order valence-corrected chi connectivity index (χ4v) is 3.82. The van der Waals surface area contributed by atoms with Gasteiger partial charge in [0, 0.05) is 26.2 Å². The lowest BCUT2D eigenvalue weighted by atomic mass is 10.1. The zero-order valence-corrected chi connectivity index (χ0v) is 17.3. The Kier molecular flexibility index (Phi) is 6.10. The van der Waals surface area contributed by atoms with Crippen LogP contribution in [0.3, 0.4) is 0 Å². The van der Waals surface area contributed by atoms with Gasteiger partial charge in [-0.1, -0.05) is 60.1 Å². The molecule has 1 heterocycles. The molecule has 1 aliphatic heterocycles. The number of halogens is 1. The van der Waals surface area contributed by atoms with Crippen molar-refractivity contribution in [2.24, 2.45) is 0 Å². The van der Waals surface area contributed by atoms with Crippen LogP contribution in [-0.2, 0) is 4.79 Å². The van der Waals surface area contributed by atoms with E-state index in [1.165, 1.54) is 0 Å². The first-order chi connectivity index (χ1) is 14.6. The van der Waals surface area contributed by atoms with Crippen LogP contribution in [0.2, 0.25) is 5.02 Å². The minimum absolute atomic E-state index is 0.0546. The Morgan fingerprint density at radius 3 is 2.30 bits per heavy atom. The van der Waals surface area contributed by atoms with E-state index in [2.05, 4.69) is 4.90 Å². The molecule has 1 aliphatic rings. The first-order valence-corrected chi connectivity index (χ1v) is 10.3. The summed E-state index contributed by atoms with van der Waals surface area (Å²) in [6.07, 6.45) is 0. The van der Waals surface area contributed by atoms with Crippen LogP contribution >= 0.6 is 11.6 Å². The van der Waals surface area contributed by atoms with E-state index in [9.17, 15) is 9.90 Å². The number of rotatable bonds is 5. The molecule has 0 bridgehead atoms. The Labute approximate surface area is 181 Å². The van der Waals surface area contributed by atoms with Gasteiger partial charge in [0.1, 0.15) is 11.5 Å². The van der Waals surface area contributed by atoms with Gasteiger partial charge in [0.2, 0.25) is 0 Å². The number of nitrogens with zero attached hydrogens (tertiary/aromatic N) is 2. The number of carbonyl (C=O) groups is 1. The highest BCUT2D eigenvalue weighted by Crippen LogP contribution is 2.30. The van der Waals surface area contributed by atoms with Crippen LogP contribution in [0.4, 0.5) is 5.69 Å². The van der Waals surface area contributed by atoms with E-state index in [0.717, 1.165) is 16.8 Å². The first-order valence-electron chi connectivity index (χ1n) is 9.90. The molecule has 1 saturated heterocycles. The Balaban J connectivity index is 1.32. The summed E-state index contributed by atoms with van der Waals surface area (Å²) in [5.41, 5.74) is 2.87. The van der Waals surface area contributed by atoms with Gasteiger partial charge in [0.15, 0.2) is 6.61 Å². The number of aromatic hydroxyl groups is 1. The van der Waals surface area contributed by atoms with E-state index in [0.29, 0.717) is 37.0 Å². The predicted octanol–water partition coefficient (Wildman–Crippen LogP) is 4.44. The molecule has 0 unspecified atom stereocenters. The second-order valence-corrected chi connectivity index (χ2v) is 7.56. The topological polar surface area (TPSA) is 53.0 Å². The summed E-state index contributed by atoms with van der Waals surface area (Å²) in [7, 11) is 0. The molecule has 3 aromatic carbocycles. The molecule has 3 aromatic rings. The maximum Gasteiger partial charge on any atom is 0.260 e. The highest BCUT2D eigenvalue weighted by Gasteiger charge is 2.23. The van der Waals surface area contributed by atoms with Gasteiger partial charge < -0.3 is 19.6 Å². The van der Waals surface area contributed by atoms with Gasteiger partial charge in [-0.3, -0.25) is 4.79 Å². The minimum Gasteiger partial charge on any atom is -0.506 e. The van der Waals surface area contributed by atoms with E-state index >= 15 is 0 Å². The summed E-state index contributed by atoms with van der Waals surface area (Å²) in [6.45, 7) is 2.43. The highest BCUT2D eigenvalue weighted by molar-refractivity contribution is 6.32. The molecule has 0 radical (unpaired) electrons. The fourth-order valence-electron chi connectivity index (χ4n) is 3.59. The Hall–Kier alpha value is -3.18. The number of hydrogen-bond donors (Lipinski definition) is 1. The molecule has 6 heteroatoms. The number of carbonyl (C=O) groups excluding carboxylic acids is 1. The first kappa shape index (κ1) is 20.1. The SMILES string of the molecule is O=C(COc1ccc(-c2ccccc2)cc1Cl)N1CCN(c2ccccc2O)CC1. The predicted molar refractivity (Wildman–Crippen MR) is 119 cm³/mol. The van der Waals surface area contributed by atoms with E-state index in [-0.39, 0.29) is 18.3 Å². The second kappa shape index (κ2) is 9.09. The van der Waals surface area contributed by atoms with Crippen LogP contribution in [0.5, 0.6) is 11.5 Å². The number of piperazine rings is 1. The lowest BCUT2D eigenvalue weighted by Gasteiger charge is -2.36. The smallest absolute Gasteiger partial charge is 0.260 e. The molecule has 0 aromatic heterocycles. The van der Waals surface area contributed by atoms with Crippen molar-refractivity contribution in [3.8, 4) is 22.6 Å². The number of para-hydroxylation sites is 2. The summed E-state index contributed by atoms with van der Waals surface area (Å²) in [6, 6.07) is 22.8. The molecule has 0 atom stereocenters. The maximum absolute atomic E-state index is 12.6. The van der Waals surface area contributed by atoms with Crippen LogP contribution in [-0.4, -0.2) is 48.7 Å². The summed E-state index contributed by atoms with van der Waals surface area (Å²) >= 11 is 6.37. The van der Waals surface area contributed by atoms with Crippen molar-refractivity contribution in [1.29, 1.82) is 0 Å². The molecular weight excluding hydrogens is 400 g/mol. The zero-order chi connectivity index (χ0) is 20.9. The van der Waals surface area contributed by atoms with Gasteiger partial charge in [-0.05, 0) is 35.4 Å². The lowest BCUT2D eigenvalue weighted by molar-refractivity contribution is -0.133. The largest absolute Gasteiger partial charge is 0.506 e. The maximum atomic E-state index is 12.6. The average Bonchev–Trinajstić information content (AvgIpc) is 2.79. The molecule has 0 spiro atoms. The fraction of sp³-hybridized carbons (Fsp3) is 0.208. The third-order valence-electron chi connectivity index (χ3n) is 5.24. The molecule has 1 N–H and O–H groups in total. The van der Waals surface area contributed by atoms with Crippen LogP contribution in [0.25, 0.3) is 11.1 Å². The van der Waals surface area contributed by atoms with E-state index in [1.807, 2.05) is 54.6 Å². The second-order valence-electron chi connectivity index (χ2n) is 7.16. The lowest BCUT2D eigenvalue weighted by Crippen LogP contribution is -2.50. The number of hydrogen-bond acceptors (Lipinski definition) is 4. The average molecular weight is 423 g/mol. The summed E-state index contributed by atoms with van der Waals surface area (Å²) in [5, 5.41) is 10.5. The van der Waals surface area contributed by atoms with Crippen molar-refractivity contribution in [3.63, 3.8) is 0 Å². The Morgan fingerprint density at radius 1 is 0.900 bits per heavy atom. The summed E-state index contributed by atoms with van der Waals surface area (Å²) in [5.74, 6) is 0.682. The van der Waals surface area contributed by atoms with Crippen molar-refractivity contribution in [2.75, 3.05) is 37.7 Å². The van der Waals surface area contributed by atoms with E-state index in [1.54, 1.807) is 23.1 Å². The number of anilines is 1. The monoisotopic (exact) mass is 422 g/mol. The molecule has 4 rings (SSSR count). The van der Waals surface area contributed by atoms with Gasteiger partial charge in [0.25, 0.3) is 5.91 Å². The molecule has 0 saturated carbocycles. The molecule has 30 heavy (non-hydrogen) atoms. The molecule has 5 nitrogen and oxygen atoms in total. The van der Waals surface area contributed by atoms with Gasteiger partial charge in [-0.2, -0.15) is 0 Å². The standard InChI is InChI=1S/C24H23ClN2O3/c25-20-16-19(18-6-2-1-3-7-18)10-11-23(20)30-17-24(29)27-14-12-26(13-15-27)21-8-4-5-9-22(21)28/h1-11,16,28H,12-15,17H2. The third kappa shape index (κ3) is 4.52. The van der Waals surface area contributed by atoms with Gasteiger partial charge >= 0.3 is 0 Å². The van der Waals surface area contributed by atoms with E-state index < -0.39 is 0 Å². The van der Waals surface area contributed by atoms with Gasteiger partial charge in [0.05, 0.1) is 10.7 Å². The van der Waals surface area contributed by atoms with Crippen LogP contribution in [0.15, 0.2) is 72.8 Å².